The first kappa shape index (κ1) is 18.9. The van der Waals surface area contributed by atoms with E-state index in [9.17, 15) is 18.0 Å². The van der Waals surface area contributed by atoms with Crippen molar-refractivity contribution in [2.45, 2.75) is 12.7 Å². The molecule has 3 rings (SSSR count). The van der Waals surface area contributed by atoms with E-state index in [1.165, 1.54) is 18.2 Å². The van der Waals surface area contributed by atoms with Crippen LogP contribution in [0, 0.1) is 0 Å². The maximum atomic E-state index is 13.0. The fourth-order valence-electron chi connectivity index (χ4n) is 3.07. The third-order valence-corrected chi connectivity index (χ3v) is 4.29. The number of alkyl halides is 3. The molecule has 6 heteroatoms. The summed E-state index contributed by atoms with van der Waals surface area (Å²) in [5, 5.41) is 4.64. The van der Waals surface area contributed by atoms with Crippen LogP contribution in [-0.4, -0.2) is 19.5 Å². The first-order valence-electron chi connectivity index (χ1n) is 8.58. The lowest BCUT2D eigenvalue weighted by Crippen LogP contribution is -3.08. The van der Waals surface area contributed by atoms with Crippen LogP contribution in [-0.2, 0) is 17.5 Å². The van der Waals surface area contributed by atoms with Gasteiger partial charge in [-0.15, -0.1) is 0 Å². The molecule has 1 unspecified atom stereocenters. The summed E-state index contributed by atoms with van der Waals surface area (Å²) >= 11 is 0. The van der Waals surface area contributed by atoms with Crippen LogP contribution in [0.2, 0.25) is 0 Å². The number of anilines is 1. The predicted molar refractivity (Wildman–Crippen MR) is 99.5 cm³/mol. The topological polar surface area (TPSA) is 33.5 Å². The van der Waals surface area contributed by atoms with E-state index in [0.29, 0.717) is 6.54 Å². The standard InChI is InChI=1S/C21H19F3N2O/c1-26(13-15-10-11-16-6-2-3-7-17(16)12-15)14-20(27)25-19-9-5-4-8-18(19)21(22,23)24/h2-12H,13-14H2,1H3,(H,25,27)/p+1. The number of carbonyl (C=O) groups excluding carboxylic acids is 1. The molecule has 0 fully saturated rings. The highest BCUT2D eigenvalue weighted by atomic mass is 19.4. The van der Waals surface area contributed by atoms with Crippen LogP contribution in [0.1, 0.15) is 11.1 Å². The number of likely N-dealkylation sites (N-methyl/N-ethyl adjacent to an activating group) is 1. The molecule has 3 aromatic carbocycles. The minimum atomic E-state index is -4.51. The van der Waals surface area contributed by atoms with E-state index in [1.54, 1.807) is 0 Å². The molecule has 0 spiro atoms. The van der Waals surface area contributed by atoms with Crippen molar-refractivity contribution in [1.29, 1.82) is 0 Å². The summed E-state index contributed by atoms with van der Waals surface area (Å²) in [6, 6.07) is 19.1. The number of fused-ring (bicyclic) bond motifs is 1. The Bertz CT molecular complexity index is 953. The Morgan fingerprint density at radius 2 is 1.63 bits per heavy atom. The van der Waals surface area contributed by atoms with E-state index in [1.807, 2.05) is 43.4 Å². The van der Waals surface area contributed by atoms with E-state index in [0.717, 1.165) is 27.3 Å². The van der Waals surface area contributed by atoms with Gasteiger partial charge in [-0.25, -0.2) is 0 Å². The summed E-state index contributed by atoms with van der Waals surface area (Å²) in [5.41, 5.74) is 0.00808. The Morgan fingerprint density at radius 1 is 0.963 bits per heavy atom. The molecule has 3 nitrogen and oxygen atoms in total. The van der Waals surface area contributed by atoms with E-state index in [2.05, 4.69) is 11.4 Å². The van der Waals surface area contributed by atoms with Gasteiger partial charge in [-0.05, 0) is 29.0 Å². The number of para-hydroxylation sites is 1. The van der Waals surface area contributed by atoms with Gasteiger partial charge in [0.05, 0.1) is 18.3 Å². The van der Waals surface area contributed by atoms with Crippen LogP contribution in [0.25, 0.3) is 10.8 Å². The second kappa shape index (κ2) is 7.80. The van der Waals surface area contributed by atoms with Gasteiger partial charge in [-0.1, -0.05) is 48.5 Å². The first-order valence-corrected chi connectivity index (χ1v) is 8.58. The SMILES string of the molecule is C[NH+](CC(=O)Nc1ccccc1C(F)(F)F)Cc1ccc2ccccc2c1. The van der Waals surface area contributed by atoms with Gasteiger partial charge in [0.1, 0.15) is 6.54 Å². The molecule has 27 heavy (non-hydrogen) atoms. The third kappa shape index (κ3) is 4.86. The molecule has 0 heterocycles. The van der Waals surface area contributed by atoms with Crippen LogP contribution >= 0.6 is 0 Å². The maximum Gasteiger partial charge on any atom is 0.418 e. The molecule has 1 atom stereocenters. The van der Waals surface area contributed by atoms with Gasteiger partial charge in [0.25, 0.3) is 5.91 Å². The Morgan fingerprint density at radius 3 is 2.37 bits per heavy atom. The molecule has 0 saturated heterocycles. The summed E-state index contributed by atoms with van der Waals surface area (Å²) < 4.78 is 39.1. The lowest BCUT2D eigenvalue weighted by atomic mass is 10.1. The molecule has 3 aromatic rings. The molecule has 2 N–H and O–H groups in total. The number of amides is 1. The van der Waals surface area contributed by atoms with Crippen LogP contribution < -0.4 is 10.2 Å². The molecule has 140 valence electrons. The van der Waals surface area contributed by atoms with Crippen molar-refractivity contribution in [3.8, 4) is 0 Å². The predicted octanol–water partition coefficient (Wildman–Crippen LogP) is 3.51. The molecule has 0 aliphatic heterocycles. The summed E-state index contributed by atoms with van der Waals surface area (Å²) in [7, 11) is 1.84. The van der Waals surface area contributed by atoms with Crippen LogP contribution in [0.5, 0.6) is 0 Å². The van der Waals surface area contributed by atoms with Crippen molar-refractivity contribution in [3.63, 3.8) is 0 Å². The highest BCUT2D eigenvalue weighted by molar-refractivity contribution is 5.92. The largest absolute Gasteiger partial charge is 0.418 e. The van der Waals surface area contributed by atoms with Gasteiger partial charge >= 0.3 is 6.18 Å². The minimum Gasteiger partial charge on any atom is -0.326 e. The van der Waals surface area contributed by atoms with Crippen LogP contribution in [0.4, 0.5) is 18.9 Å². The molecule has 0 aromatic heterocycles. The van der Waals surface area contributed by atoms with Gasteiger partial charge in [0, 0.05) is 5.56 Å². The first-order chi connectivity index (χ1) is 12.8. The van der Waals surface area contributed by atoms with E-state index in [-0.39, 0.29) is 12.2 Å². The zero-order valence-corrected chi connectivity index (χ0v) is 14.8. The monoisotopic (exact) mass is 373 g/mol. The van der Waals surface area contributed by atoms with Crippen molar-refractivity contribution in [2.75, 3.05) is 18.9 Å². The van der Waals surface area contributed by atoms with Crippen molar-refractivity contribution < 1.29 is 22.9 Å². The van der Waals surface area contributed by atoms with Gasteiger partial charge in [-0.3, -0.25) is 4.79 Å². The fraction of sp³-hybridized carbons (Fsp3) is 0.190. The van der Waals surface area contributed by atoms with Gasteiger partial charge in [-0.2, -0.15) is 13.2 Å². The number of halogens is 3. The van der Waals surface area contributed by atoms with Crippen LogP contribution in [0.15, 0.2) is 66.7 Å². The Kier molecular flexibility index (Phi) is 5.46. The number of hydrogen-bond donors (Lipinski definition) is 2. The Balaban J connectivity index is 1.64. The number of benzene rings is 3. The molecule has 0 aliphatic rings. The smallest absolute Gasteiger partial charge is 0.326 e. The highest BCUT2D eigenvalue weighted by Crippen LogP contribution is 2.34. The number of nitrogens with one attached hydrogen (secondary N) is 2. The van der Waals surface area contributed by atoms with Crippen LogP contribution in [0.3, 0.4) is 0 Å². The summed E-state index contributed by atoms with van der Waals surface area (Å²) in [6.45, 7) is 0.665. The quantitative estimate of drug-likeness (QED) is 0.705. The average molecular weight is 373 g/mol. The Hall–Kier alpha value is -2.86. The normalized spacial score (nSPS) is 12.7. The zero-order chi connectivity index (χ0) is 19.4. The summed E-state index contributed by atoms with van der Waals surface area (Å²) in [6.07, 6.45) is -4.51. The molecule has 0 aliphatic carbocycles. The number of hydrogen-bond acceptors (Lipinski definition) is 1. The second-order valence-corrected chi connectivity index (χ2v) is 6.58. The van der Waals surface area contributed by atoms with E-state index >= 15 is 0 Å². The zero-order valence-electron chi connectivity index (χ0n) is 14.8. The highest BCUT2D eigenvalue weighted by Gasteiger charge is 2.33. The molecular weight excluding hydrogens is 353 g/mol. The number of carbonyl (C=O) groups is 1. The number of quaternary nitrogens is 1. The van der Waals surface area contributed by atoms with Crippen molar-refractivity contribution >= 4 is 22.4 Å². The van der Waals surface area contributed by atoms with Crippen molar-refractivity contribution in [1.82, 2.24) is 0 Å². The molecular formula is C21H20F3N2O+. The molecule has 0 bridgehead atoms. The lowest BCUT2D eigenvalue weighted by molar-refractivity contribution is -0.885. The molecule has 0 radical (unpaired) electrons. The summed E-state index contributed by atoms with van der Waals surface area (Å²) in [4.78, 5) is 13.1. The lowest BCUT2D eigenvalue weighted by Gasteiger charge is -2.16. The fourth-order valence-corrected chi connectivity index (χ4v) is 3.07. The second-order valence-electron chi connectivity index (χ2n) is 6.58. The maximum absolute atomic E-state index is 13.0. The van der Waals surface area contributed by atoms with Gasteiger partial charge in [0.15, 0.2) is 6.54 Å². The average Bonchev–Trinajstić information content (AvgIpc) is 2.61. The van der Waals surface area contributed by atoms with E-state index in [4.69, 9.17) is 0 Å². The number of rotatable bonds is 5. The van der Waals surface area contributed by atoms with Crippen molar-refractivity contribution in [3.05, 3.63) is 77.9 Å². The van der Waals surface area contributed by atoms with Gasteiger partial charge in [0.2, 0.25) is 0 Å². The molecule has 1 amide bonds. The third-order valence-electron chi connectivity index (χ3n) is 4.29. The summed E-state index contributed by atoms with van der Waals surface area (Å²) in [5.74, 6) is -0.454. The van der Waals surface area contributed by atoms with E-state index < -0.39 is 17.6 Å². The minimum absolute atomic E-state index is 0.0685. The van der Waals surface area contributed by atoms with Crippen molar-refractivity contribution in [2.24, 2.45) is 0 Å². The Labute approximate surface area is 155 Å². The molecule has 0 saturated carbocycles. The van der Waals surface area contributed by atoms with Gasteiger partial charge < -0.3 is 10.2 Å².